The molecule has 1 N–H and O–H groups in total. The van der Waals surface area contributed by atoms with Crippen LogP contribution >= 0.6 is 0 Å². The van der Waals surface area contributed by atoms with Crippen molar-refractivity contribution < 1.29 is 18.7 Å². The average Bonchev–Trinajstić information content (AvgIpc) is 2.67. The molecular weight excluding hydrogens is 223 g/mol. The quantitative estimate of drug-likeness (QED) is 0.888. The van der Waals surface area contributed by atoms with E-state index in [1.807, 2.05) is 6.92 Å². The topological polar surface area (TPSA) is 50.4 Å². The van der Waals surface area contributed by atoms with Gasteiger partial charge in [-0.25, -0.2) is 4.39 Å². The molecule has 3 nitrogen and oxygen atoms in total. The van der Waals surface area contributed by atoms with Crippen LogP contribution in [0, 0.1) is 12.7 Å². The lowest BCUT2D eigenvalue weighted by atomic mass is 10.1. The summed E-state index contributed by atoms with van der Waals surface area (Å²) in [6, 6.07) is 7.90. The predicted molar refractivity (Wildman–Crippen MR) is 60.2 cm³/mol. The Balaban J connectivity index is 2.40. The van der Waals surface area contributed by atoms with Gasteiger partial charge in [-0.05, 0) is 42.8 Å². The van der Waals surface area contributed by atoms with Gasteiger partial charge in [0.15, 0.2) is 0 Å². The van der Waals surface area contributed by atoms with Gasteiger partial charge in [-0.1, -0.05) is 0 Å². The summed E-state index contributed by atoms with van der Waals surface area (Å²) in [6.45, 7) is 1.81. The van der Waals surface area contributed by atoms with Gasteiger partial charge < -0.3 is 9.52 Å². The number of aliphatic carboxylic acids is 1. The number of benzene rings is 1. The molecule has 1 aromatic heterocycles. The van der Waals surface area contributed by atoms with Crippen LogP contribution in [0.1, 0.15) is 11.3 Å². The lowest BCUT2D eigenvalue weighted by molar-refractivity contribution is -0.136. The molecule has 1 aromatic carbocycles. The smallest absolute Gasteiger partial charge is 0.307 e. The Morgan fingerprint density at radius 3 is 2.71 bits per heavy atom. The van der Waals surface area contributed by atoms with Gasteiger partial charge in [0.2, 0.25) is 0 Å². The summed E-state index contributed by atoms with van der Waals surface area (Å²) in [6.07, 6.45) is -0.334. The number of carbonyl (C=O) groups is 1. The molecular formula is C13H11FO3. The van der Waals surface area contributed by atoms with Crippen molar-refractivity contribution in [1.29, 1.82) is 0 Å². The first-order valence-electron chi connectivity index (χ1n) is 5.13. The third-order valence-corrected chi connectivity index (χ3v) is 2.41. The van der Waals surface area contributed by atoms with Crippen molar-refractivity contribution in [2.45, 2.75) is 13.3 Å². The van der Waals surface area contributed by atoms with Crippen LogP contribution in [0.15, 0.2) is 34.7 Å². The molecule has 0 aliphatic heterocycles. The maximum absolute atomic E-state index is 13.4. The number of carboxylic acids is 1. The Labute approximate surface area is 97.5 Å². The maximum atomic E-state index is 13.4. The van der Waals surface area contributed by atoms with Gasteiger partial charge in [-0.2, -0.15) is 0 Å². The molecule has 4 heteroatoms. The summed E-state index contributed by atoms with van der Waals surface area (Å²) in [7, 11) is 0. The predicted octanol–water partition coefficient (Wildman–Crippen LogP) is 3.02. The van der Waals surface area contributed by atoms with E-state index in [0.29, 0.717) is 11.3 Å². The molecule has 0 bridgehead atoms. The van der Waals surface area contributed by atoms with Gasteiger partial charge >= 0.3 is 5.97 Å². The molecule has 88 valence electrons. The first kappa shape index (κ1) is 11.4. The molecule has 0 atom stereocenters. The molecule has 0 saturated heterocycles. The number of aryl methyl sites for hydroxylation is 1. The van der Waals surface area contributed by atoms with Crippen LogP contribution in [0.2, 0.25) is 0 Å². The van der Waals surface area contributed by atoms with Gasteiger partial charge in [-0.3, -0.25) is 4.79 Å². The van der Waals surface area contributed by atoms with Crippen LogP contribution in [-0.2, 0) is 11.2 Å². The monoisotopic (exact) mass is 234 g/mol. The lowest BCUT2D eigenvalue weighted by Crippen LogP contribution is -2.02. The Morgan fingerprint density at radius 1 is 1.35 bits per heavy atom. The zero-order valence-corrected chi connectivity index (χ0v) is 9.24. The first-order chi connectivity index (χ1) is 8.06. The van der Waals surface area contributed by atoms with Crippen molar-refractivity contribution in [3.63, 3.8) is 0 Å². The number of hydrogen-bond donors (Lipinski definition) is 1. The van der Waals surface area contributed by atoms with E-state index in [9.17, 15) is 9.18 Å². The van der Waals surface area contributed by atoms with Crippen LogP contribution in [0.5, 0.6) is 0 Å². The van der Waals surface area contributed by atoms with Crippen LogP contribution in [0.25, 0.3) is 11.3 Å². The van der Waals surface area contributed by atoms with E-state index >= 15 is 0 Å². The van der Waals surface area contributed by atoms with Gasteiger partial charge in [-0.15, -0.1) is 0 Å². The van der Waals surface area contributed by atoms with Crippen molar-refractivity contribution in [2.75, 3.05) is 0 Å². The summed E-state index contributed by atoms with van der Waals surface area (Å²) in [5.74, 6) is -0.214. The molecule has 2 aromatic rings. The molecule has 17 heavy (non-hydrogen) atoms. The molecule has 0 amide bonds. The number of rotatable bonds is 3. The third kappa shape index (κ3) is 2.53. The summed E-state index contributed by atoms with van der Waals surface area (Å²) < 4.78 is 18.8. The number of halogens is 1. The molecule has 0 aliphatic rings. The molecule has 0 unspecified atom stereocenters. The van der Waals surface area contributed by atoms with Gasteiger partial charge in [0.05, 0.1) is 6.42 Å². The lowest BCUT2D eigenvalue weighted by Gasteiger charge is -2.03. The fourth-order valence-corrected chi connectivity index (χ4v) is 1.62. The second kappa shape index (κ2) is 4.41. The maximum Gasteiger partial charge on any atom is 0.307 e. The third-order valence-electron chi connectivity index (χ3n) is 2.41. The normalized spacial score (nSPS) is 10.5. The second-order valence-electron chi connectivity index (χ2n) is 3.79. The number of carboxylic acid groups (broad SMARTS) is 1. The van der Waals surface area contributed by atoms with Gasteiger partial charge in [0.25, 0.3) is 0 Å². The molecule has 0 saturated carbocycles. The zero-order valence-electron chi connectivity index (χ0n) is 9.24. The minimum absolute atomic E-state index is 0.157. The zero-order chi connectivity index (χ0) is 12.4. The van der Waals surface area contributed by atoms with Crippen molar-refractivity contribution in [2.24, 2.45) is 0 Å². The summed E-state index contributed by atoms with van der Waals surface area (Å²) in [4.78, 5) is 10.6. The SMILES string of the molecule is Cc1ccc(-c2ccc(F)c(CC(=O)O)c2)o1. The highest BCUT2D eigenvalue weighted by Crippen LogP contribution is 2.24. The molecule has 1 heterocycles. The van der Waals surface area contributed by atoms with Crippen molar-refractivity contribution in [3.05, 3.63) is 47.5 Å². The van der Waals surface area contributed by atoms with Crippen molar-refractivity contribution >= 4 is 5.97 Å². The molecule has 0 fully saturated rings. The molecule has 2 rings (SSSR count). The Kier molecular flexibility index (Phi) is 2.95. The van der Waals surface area contributed by atoms with Crippen LogP contribution in [0.4, 0.5) is 4.39 Å². The van der Waals surface area contributed by atoms with E-state index in [0.717, 1.165) is 5.76 Å². The second-order valence-corrected chi connectivity index (χ2v) is 3.79. The first-order valence-corrected chi connectivity index (χ1v) is 5.13. The highest BCUT2D eigenvalue weighted by atomic mass is 19.1. The highest BCUT2D eigenvalue weighted by molar-refractivity contribution is 5.71. The Morgan fingerprint density at radius 2 is 2.12 bits per heavy atom. The largest absolute Gasteiger partial charge is 0.481 e. The van der Waals surface area contributed by atoms with E-state index < -0.39 is 11.8 Å². The van der Waals surface area contributed by atoms with Crippen LogP contribution in [0.3, 0.4) is 0 Å². The minimum atomic E-state index is -1.06. The summed E-state index contributed by atoms with van der Waals surface area (Å²) in [5, 5.41) is 8.67. The summed E-state index contributed by atoms with van der Waals surface area (Å²) >= 11 is 0. The highest BCUT2D eigenvalue weighted by Gasteiger charge is 2.10. The van der Waals surface area contributed by atoms with Crippen LogP contribution in [-0.4, -0.2) is 11.1 Å². The standard InChI is InChI=1S/C13H11FO3/c1-8-2-5-12(17-8)9-3-4-11(14)10(6-9)7-13(15)16/h2-6H,7H2,1H3,(H,15,16). The van der Waals surface area contributed by atoms with E-state index in [4.69, 9.17) is 9.52 Å². The van der Waals surface area contributed by atoms with Crippen LogP contribution < -0.4 is 0 Å². The molecule has 0 radical (unpaired) electrons. The van der Waals surface area contributed by atoms with E-state index in [1.165, 1.54) is 12.1 Å². The molecule has 0 aliphatic carbocycles. The average molecular weight is 234 g/mol. The van der Waals surface area contributed by atoms with E-state index in [1.54, 1.807) is 18.2 Å². The minimum Gasteiger partial charge on any atom is -0.481 e. The fourth-order valence-electron chi connectivity index (χ4n) is 1.62. The van der Waals surface area contributed by atoms with E-state index in [2.05, 4.69) is 0 Å². The van der Waals surface area contributed by atoms with E-state index in [-0.39, 0.29) is 12.0 Å². The van der Waals surface area contributed by atoms with Crippen molar-refractivity contribution in [3.8, 4) is 11.3 Å². The molecule has 0 spiro atoms. The van der Waals surface area contributed by atoms with Gasteiger partial charge in [0.1, 0.15) is 17.3 Å². The van der Waals surface area contributed by atoms with Crippen molar-refractivity contribution in [1.82, 2.24) is 0 Å². The van der Waals surface area contributed by atoms with Gasteiger partial charge in [0, 0.05) is 5.56 Å². The summed E-state index contributed by atoms with van der Waals surface area (Å²) in [5.41, 5.74) is 0.833. The number of furan rings is 1. The number of hydrogen-bond acceptors (Lipinski definition) is 2. The Bertz CT molecular complexity index is 558. The fraction of sp³-hybridized carbons (Fsp3) is 0.154. The Hall–Kier alpha value is -2.10.